The van der Waals surface area contributed by atoms with E-state index in [0.29, 0.717) is 35.9 Å². The summed E-state index contributed by atoms with van der Waals surface area (Å²) in [5.74, 6) is 1.16. The second-order valence-electron chi connectivity index (χ2n) is 5.85. The van der Waals surface area contributed by atoms with E-state index in [1.165, 1.54) is 5.01 Å². The molecule has 8 nitrogen and oxygen atoms in total. The Morgan fingerprint density at radius 3 is 2.52 bits per heavy atom. The number of nitrogens with two attached hydrogens (primary N) is 1. The molecule has 0 bridgehead atoms. The molecular weight excluding hydrogens is 346 g/mol. The fraction of sp³-hybridized carbons (Fsp3) is 0.211. The minimum Gasteiger partial charge on any atom is -0.493 e. The molecule has 3 N–H and O–H groups in total. The predicted molar refractivity (Wildman–Crippen MR) is 101 cm³/mol. The van der Waals surface area contributed by atoms with Gasteiger partial charge in [0.25, 0.3) is 0 Å². The Morgan fingerprint density at radius 2 is 1.89 bits per heavy atom. The van der Waals surface area contributed by atoms with E-state index in [0.717, 1.165) is 16.7 Å². The van der Waals surface area contributed by atoms with Crippen LogP contribution in [-0.4, -0.2) is 37.5 Å². The summed E-state index contributed by atoms with van der Waals surface area (Å²) < 4.78 is 10.8. The van der Waals surface area contributed by atoms with E-state index in [9.17, 15) is 4.79 Å². The van der Waals surface area contributed by atoms with Crippen LogP contribution in [-0.2, 0) is 6.42 Å². The van der Waals surface area contributed by atoms with Gasteiger partial charge < -0.3 is 15.2 Å². The van der Waals surface area contributed by atoms with Crippen molar-refractivity contribution in [3.8, 4) is 17.7 Å². The number of nitrogen functional groups attached to an aromatic ring is 1. The van der Waals surface area contributed by atoms with E-state index >= 15 is 0 Å². The van der Waals surface area contributed by atoms with Crippen LogP contribution >= 0.6 is 0 Å². The van der Waals surface area contributed by atoms with E-state index in [2.05, 4.69) is 10.4 Å². The zero-order chi connectivity index (χ0) is 19.4. The number of ether oxygens (including phenoxy) is 2. The van der Waals surface area contributed by atoms with Gasteiger partial charge in [-0.05, 0) is 36.2 Å². The van der Waals surface area contributed by atoms with E-state index in [-0.39, 0.29) is 0 Å². The zero-order valence-corrected chi connectivity index (χ0v) is 15.0. The van der Waals surface area contributed by atoms with Gasteiger partial charge in [-0.3, -0.25) is 0 Å². The van der Waals surface area contributed by atoms with E-state index < -0.39 is 6.03 Å². The maximum Gasteiger partial charge on any atom is 0.350 e. The van der Waals surface area contributed by atoms with E-state index in [1.807, 2.05) is 24.3 Å². The normalized spacial score (nSPS) is 12.9. The maximum absolute atomic E-state index is 12.2. The van der Waals surface area contributed by atoms with Crippen LogP contribution in [0.15, 0.2) is 41.5 Å². The van der Waals surface area contributed by atoms with Crippen molar-refractivity contribution in [3.63, 3.8) is 0 Å². The molecule has 3 rings (SSSR count). The van der Waals surface area contributed by atoms with Gasteiger partial charge in [-0.2, -0.15) is 10.4 Å². The number of nitrogens with one attached hydrogen (secondary N) is 1. The second-order valence-corrected chi connectivity index (χ2v) is 5.85. The average Bonchev–Trinajstić information content (AvgIpc) is 2.87. The van der Waals surface area contributed by atoms with Gasteiger partial charge in [-0.25, -0.2) is 15.1 Å². The summed E-state index contributed by atoms with van der Waals surface area (Å²) in [6.45, 7) is 0.314. The first kappa shape index (κ1) is 18.1. The van der Waals surface area contributed by atoms with Crippen molar-refractivity contribution in [3.05, 3.63) is 53.1 Å². The molecule has 0 fully saturated rings. The Hall–Kier alpha value is -3.73. The summed E-state index contributed by atoms with van der Waals surface area (Å²) in [6, 6.07) is 10.3. The number of methoxy groups -OCH3 is 2. The van der Waals surface area contributed by atoms with Gasteiger partial charge in [0.15, 0.2) is 17.7 Å². The fourth-order valence-electron chi connectivity index (χ4n) is 2.91. The molecule has 0 unspecified atom stereocenters. The summed E-state index contributed by atoms with van der Waals surface area (Å²) in [5.41, 5.74) is 9.56. The number of anilines is 1. The summed E-state index contributed by atoms with van der Waals surface area (Å²) in [6.07, 6.45) is 2.18. The number of rotatable bonds is 3. The smallest absolute Gasteiger partial charge is 0.350 e. The van der Waals surface area contributed by atoms with E-state index in [4.69, 9.17) is 20.5 Å². The lowest BCUT2D eigenvalue weighted by Crippen LogP contribution is -2.35. The number of hydrogen-bond donors (Lipinski definition) is 2. The number of fused-ring (bicyclic) bond motifs is 1. The van der Waals surface area contributed by atoms with E-state index in [1.54, 1.807) is 32.5 Å². The number of carbonyl (C=O) groups excluding carboxylic acids is 1. The number of carbonyl (C=O) groups is 1. The predicted octanol–water partition coefficient (Wildman–Crippen LogP) is 2.09. The number of nitrogens with zero attached hydrogens (tertiary/aromatic N) is 3. The molecule has 0 saturated carbocycles. The third-order valence-electron chi connectivity index (χ3n) is 4.26. The number of amides is 2. The first-order valence-electron chi connectivity index (χ1n) is 8.23. The Kier molecular flexibility index (Phi) is 5.13. The minimum absolute atomic E-state index is 0.314. The Balaban J connectivity index is 2.17. The summed E-state index contributed by atoms with van der Waals surface area (Å²) in [7, 11) is 3.14. The monoisotopic (exact) mass is 365 g/mol. The topological polar surface area (TPSA) is 113 Å². The molecule has 0 radical (unpaired) electrons. The van der Waals surface area contributed by atoms with Gasteiger partial charge in [0.1, 0.15) is 0 Å². The van der Waals surface area contributed by atoms with Crippen LogP contribution in [0.25, 0.3) is 0 Å². The first-order valence-corrected chi connectivity index (χ1v) is 8.23. The lowest BCUT2D eigenvalue weighted by molar-refractivity contribution is 0.205. The first-order chi connectivity index (χ1) is 13.1. The standard InChI is InChI=1S/C19H19N5O3/c1-26-16-9-13-7-8-24(19(25)22-11-20)23-18(15(13)10-17(16)27-2)12-3-5-14(21)6-4-12/h3-6,9-10H,7-8,21H2,1-2H3,(H,22,25). The highest BCUT2D eigenvalue weighted by molar-refractivity contribution is 6.14. The molecule has 2 amide bonds. The number of benzene rings is 2. The number of urea groups is 1. The molecule has 2 aromatic carbocycles. The van der Waals surface area contributed by atoms with Crippen LogP contribution in [0, 0.1) is 11.5 Å². The molecule has 138 valence electrons. The molecule has 0 saturated heterocycles. The van der Waals surface area contributed by atoms with Crippen molar-refractivity contribution in [2.24, 2.45) is 5.10 Å². The van der Waals surface area contributed by atoms with Crippen molar-refractivity contribution >= 4 is 17.4 Å². The molecular formula is C19H19N5O3. The maximum atomic E-state index is 12.2. The van der Waals surface area contributed by atoms with Crippen LogP contribution in [0.4, 0.5) is 10.5 Å². The van der Waals surface area contributed by atoms with Crippen molar-refractivity contribution in [1.29, 1.82) is 5.26 Å². The Labute approximate surface area is 156 Å². The summed E-state index contributed by atoms with van der Waals surface area (Å²) >= 11 is 0. The number of nitriles is 1. The SMILES string of the molecule is COc1cc2c(cc1OC)C(c1ccc(N)cc1)=NN(C(=O)NC#N)CC2. The number of hydrogen-bond acceptors (Lipinski definition) is 6. The second kappa shape index (κ2) is 7.66. The zero-order valence-electron chi connectivity index (χ0n) is 15.0. The molecule has 1 aliphatic heterocycles. The molecule has 1 aliphatic rings. The molecule has 0 aliphatic carbocycles. The number of hydrazone groups is 1. The van der Waals surface area contributed by atoms with Gasteiger partial charge >= 0.3 is 6.03 Å². The Morgan fingerprint density at radius 1 is 1.22 bits per heavy atom. The van der Waals surface area contributed by atoms with Crippen LogP contribution in [0.1, 0.15) is 16.7 Å². The third-order valence-corrected chi connectivity index (χ3v) is 4.26. The quantitative estimate of drug-likeness (QED) is 0.491. The lowest BCUT2D eigenvalue weighted by Gasteiger charge is -2.15. The van der Waals surface area contributed by atoms with Crippen molar-refractivity contribution in [1.82, 2.24) is 10.3 Å². The Bertz CT molecular complexity index is 932. The molecule has 1 heterocycles. The molecule has 0 spiro atoms. The lowest BCUT2D eigenvalue weighted by atomic mass is 9.95. The van der Waals surface area contributed by atoms with Gasteiger partial charge in [0.05, 0.1) is 26.5 Å². The largest absolute Gasteiger partial charge is 0.493 e. The van der Waals surface area contributed by atoms with Gasteiger partial charge in [0, 0.05) is 16.8 Å². The summed E-state index contributed by atoms with van der Waals surface area (Å²) in [5, 5.41) is 16.6. The van der Waals surface area contributed by atoms with Crippen LogP contribution in [0.3, 0.4) is 0 Å². The molecule has 8 heteroatoms. The molecule has 27 heavy (non-hydrogen) atoms. The van der Waals surface area contributed by atoms with Gasteiger partial charge in [-0.15, -0.1) is 0 Å². The van der Waals surface area contributed by atoms with Crippen molar-refractivity contribution < 1.29 is 14.3 Å². The van der Waals surface area contributed by atoms with Gasteiger partial charge in [0.2, 0.25) is 0 Å². The fourth-order valence-corrected chi connectivity index (χ4v) is 2.91. The van der Waals surface area contributed by atoms with Gasteiger partial charge in [-0.1, -0.05) is 12.1 Å². The minimum atomic E-state index is -0.586. The van der Waals surface area contributed by atoms with Crippen molar-refractivity contribution in [2.45, 2.75) is 6.42 Å². The van der Waals surface area contributed by atoms with Crippen LogP contribution < -0.4 is 20.5 Å². The highest BCUT2D eigenvalue weighted by Crippen LogP contribution is 2.33. The van der Waals surface area contributed by atoms with Crippen LogP contribution in [0.5, 0.6) is 11.5 Å². The molecule has 0 atom stereocenters. The average molecular weight is 365 g/mol. The third kappa shape index (κ3) is 3.62. The van der Waals surface area contributed by atoms with Crippen molar-refractivity contribution in [2.75, 3.05) is 26.5 Å². The molecule has 0 aromatic heterocycles. The highest BCUT2D eigenvalue weighted by atomic mass is 16.5. The van der Waals surface area contributed by atoms with Crippen LogP contribution in [0.2, 0.25) is 0 Å². The highest BCUT2D eigenvalue weighted by Gasteiger charge is 2.24. The summed E-state index contributed by atoms with van der Waals surface area (Å²) in [4.78, 5) is 12.2. The molecule has 2 aromatic rings.